The lowest BCUT2D eigenvalue weighted by Gasteiger charge is -2.09. The lowest BCUT2D eigenvalue weighted by Crippen LogP contribution is -2.28. The van der Waals surface area contributed by atoms with Gasteiger partial charge in [-0.2, -0.15) is 0 Å². The Morgan fingerprint density at radius 1 is 0.350 bits per heavy atom. The van der Waals surface area contributed by atoms with Crippen LogP contribution in [-0.2, 0) is 0 Å². The number of para-hydroxylation sites is 3. The maximum absolute atomic E-state index is 15.3. The number of furan rings is 1. The van der Waals surface area contributed by atoms with Crippen LogP contribution in [0.25, 0.3) is 104 Å². The molecule has 12 aromatic rings. The van der Waals surface area contributed by atoms with Gasteiger partial charge >= 0.3 is 0 Å². The van der Waals surface area contributed by atoms with Crippen molar-refractivity contribution in [2.45, 2.75) is 0 Å². The molecule has 0 spiro atoms. The molecule has 8 heteroatoms. The molecule has 0 aliphatic rings. The fourth-order valence-corrected chi connectivity index (χ4v) is 9.27. The van der Waals surface area contributed by atoms with E-state index < -0.39 is 11.1 Å². The van der Waals surface area contributed by atoms with Gasteiger partial charge in [-0.15, -0.1) is 0 Å². The Labute approximate surface area is 340 Å². The van der Waals surface area contributed by atoms with Gasteiger partial charge in [0.25, 0.3) is 11.1 Å². The number of nitrogens with zero attached hydrogens (tertiary/aromatic N) is 3. The third-order valence-corrected chi connectivity index (χ3v) is 12.1. The summed E-state index contributed by atoms with van der Waals surface area (Å²) in [5.74, 6) is 1.37. The highest BCUT2D eigenvalue weighted by Gasteiger charge is 2.21. The maximum atomic E-state index is 15.3. The molecule has 0 N–H and O–H groups in total. The van der Waals surface area contributed by atoms with Crippen molar-refractivity contribution in [2.24, 2.45) is 0 Å². The number of rotatable bonds is 5. The summed E-state index contributed by atoms with van der Waals surface area (Å²) in [5.41, 5.74) is 6.76. The van der Waals surface area contributed by atoms with Crippen LogP contribution in [0.15, 0.2) is 178 Å². The molecular weight excluding hydrogens is 747 g/mol. The Kier molecular flexibility index (Phi) is 7.19. The maximum Gasteiger partial charge on any atom is 0.266 e. The standard InChI is InChI=1S/C52H33N3O5/c1-58-33-20-15-30(16-21-33)53-45-12-6-3-9-35(45)40-26-38-39-27-41-36-10-4-7-13-46(36)54(32-19-24-50-42(25-32)37-11-5-8-14-49(37)60-50)48(41)29-44(39)52(57)55(51(56)43(38)28-47(40)53)31-17-22-34(59-2)23-18-31/h3-29H,1-2H3. The second-order valence-electron chi connectivity index (χ2n) is 15.2. The molecule has 60 heavy (non-hydrogen) atoms. The van der Waals surface area contributed by atoms with Gasteiger partial charge in [-0.1, -0.05) is 54.6 Å². The number of aromatic nitrogens is 3. The second kappa shape index (κ2) is 12.7. The largest absolute Gasteiger partial charge is 0.497 e. The highest BCUT2D eigenvalue weighted by molar-refractivity contribution is 6.21. The SMILES string of the molecule is COc1ccc(-n2c(=O)c3cc4c(cc3c3cc5c6ccccc6n(-c6ccc7oc8ccccc8c7c6)c5cc3c2=O)c2ccccc2n4-c2ccc(OC)cc2)cc1. The van der Waals surface area contributed by atoms with Crippen LogP contribution in [0.3, 0.4) is 0 Å². The van der Waals surface area contributed by atoms with Gasteiger partial charge < -0.3 is 23.0 Å². The van der Waals surface area contributed by atoms with Crippen molar-refractivity contribution in [3.63, 3.8) is 0 Å². The Bertz CT molecular complexity index is 3890. The van der Waals surface area contributed by atoms with E-state index in [4.69, 9.17) is 13.9 Å². The first kappa shape index (κ1) is 34.0. The highest BCUT2D eigenvalue weighted by Crippen LogP contribution is 2.40. The molecule has 0 fully saturated rings. The van der Waals surface area contributed by atoms with Crippen molar-refractivity contribution in [2.75, 3.05) is 14.2 Å². The summed E-state index contributed by atoms with van der Waals surface area (Å²) >= 11 is 0. The smallest absolute Gasteiger partial charge is 0.266 e. The first-order valence-electron chi connectivity index (χ1n) is 19.7. The van der Waals surface area contributed by atoms with E-state index in [9.17, 15) is 0 Å². The van der Waals surface area contributed by atoms with Crippen molar-refractivity contribution >= 4 is 87.1 Å². The number of hydrogen-bond acceptors (Lipinski definition) is 5. The third kappa shape index (κ3) is 4.79. The zero-order valence-corrected chi connectivity index (χ0v) is 32.5. The molecule has 0 atom stereocenters. The summed E-state index contributed by atoms with van der Waals surface area (Å²) in [5, 5.41) is 8.24. The van der Waals surface area contributed by atoms with E-state index in [1.165, 1.54) is 4.57 Å². The van der Waals surface area contributed by atoms with Crippen LogP contribution in [0.5, 0.6) is 11.5 Å². The second-order valence-corrected chi connectivity index (χ2v) is 15.2. The lowest BCUT2D eigenvalue weighted by atomic mass is 10.0. The Hall–Kier alpha value is -8.10. The Morgan fingerprint density at radius 2 is 0.800 bits per heavy atom. The fraction of sp³-hybridized carbons (Fsp3) is 0.0385. The van der Waals surface area contributed by atoms with Crippen molar-refractivity contribution in [3.8, 4) is 28.6 Å². The van der Waals surface area contributed by atoms with E-state index in [-0.39, 0.29) is 0 Å². The Morgan fingerprint density at radius 3 is 1.35 bits per heavy atom. The van der Waals surface area contributed by atoms with Crippen LogP contribution >= 0.6 is 0 Å². The van der Waals surface area contributed by atoms with Gasteiger partial charge in [0.15, 0.2) is 0 Å². The molecule has 0 saturated carbocycles. The van der Waals surface area contributed by atoms with Gasteiger partial charge in [-0.3, -0.25) is 9.59 Å². The minimum atomic E-state index is -0.418. The molecule has 8 aromatic carbocycles. The molecule has 0 bridgehead atoms. The summed E-state index contributed by atoms with van der Waals surface area (Å²) in [6.07, 6.45) is 0. The molecule has 0 radical (unpaired) electrons. The van der Waals surface area contributed by atoms with E-state index in [1.807, 2.05) is 84.9 Å². The summed E-state index contributed by atoms with van der Waals surface area (Å²) < 4.78 is 22.8. The number of methoxy groups -OCH3 is 2. The third-order valence-electron chi connectivity index (χ3n) is 12.1. The molecule has 0 aliphatic heterocycles. The number of hydrogen-bond donors (Lipinski definition) is 0. The van der Waals surface area contributed by atoms with Gasteiger partial charge in [0.05, 0.1) is 52.7 Å². The zero-order valence-electron chi connectivity index (χ0n) is 32.5. The van der Waals surface area contributed by atoms with Crippen LogP contribution in [0.2, 0.25) is 0 Å². The summed E-state index contributed by atoms with van der Waals surface area (Å²) in [6.45, 7) is 0. The molecule has 12 rings (SSSR count). The average Bonchev–Trinajstić information content (AvgIpc) is 3.93. The van der Waals surface area contributed by atoms with Crippen molar-refractivity contribution in [1.82, 2.24) is 13.7 Å². The van der Waals surface area contributed by atoms with Crippen LogP contribution < -0.4 is 20.6 Å². The summed E-state index contributed by atoms with van der Waals surface area (Å²) in [6, 6.07) is 53.9. The van der Waals surface area contributed by atoms with Crippen molar-refractivity contribution in [1.29, 1.82) is 0 Å². The van der Waals surface area contributed by atoms with Crippen LogP contribution in [0.1, 0.15) is 0 Å². The van der Waals surface area contributed by atoms with E-state index >= 15 is 9.59 Å². The monoisotopic (exact) mass is 779 g/mol. The number of benzene rings is 8. The van der Waals surface area contributed by atoms with E-state index in [2.05, 4.69) is 63.7 Å². The molecule has 0 unspecified atom stereocenters. The molecule has 0 amide bonds. The zero-order chi connectivity index (χ0) is 40.2. The van der Waals surface area contributed by atoms with Crippen LogP contribution in [0, 0.1) is 0 Å². The molecule has 4 heterocycles. The lowest BCUT2D eigenvalue weighted by molar-refractivity contribution is 0.414. The fourth-order valence-electron chi connectivity index (χ4n) is 9.27. The summed E-state index contributed by atoms with van der Waals surface area (Å²) in [4.78, 5) is 30.5. The van der Waals surface area contributed by atoms with Gasteiger partial charge in [0.2, 0.25) is 0 Å². The predicted molar refractivity (Wildman–Crippen MR) is 242 cm³/mol. The van der Waals surface area contributed by atoms with Gasteiger partial charge in [-0.25, -0.2) is 4.57 Å². The molecule has 0 aliphatic carbocycles. The van der Waals surface area contributed by atoms with Crippen molar-refractivity contribution < 1.29 is 13.9 Å². The topological polar surface area (TPSA) is 80.5 Å². The molecule has 8 nitrogen and oxygen atoms in total. The first-order valence-corrected chi connectivity index (χ1v) is 19.7. The average molecular weight is 780 g/mol. The number of fused-ring (bicyclic) bond motifs is 12. The molecule has 4 aromatic heterocycles. The van der Waals surface area contributed by atoms with Crippen LogP contribution in [-0.4, -0.2) is 27.9 Å². The van der Waals surface area contributed by atoms with Gasteiger partial charge in [0, 0.05) is 43.7 Å². The minimum absolute atomic E-state index is 0.417. The van der Waals surface area contributed by atoms with E-state index in [1.54, 1.807) is 38.5 Å². The Balaban J connectivity index is 1.25. The van der Waals surface area contributed by atoms with Crippen molar-refractivity contribution in [3.05, 3.63) is 184 Å². The minimum Gasteiger partial charge on any atom is -0.497 e. The molecule has 286 valence electrons. The normalized spacial score (nSPS) is 12.0. The quantitative estimate of drug-likeness (QED) is 0.174. The highest BCUT2D eigenvalue weighted by atomic mass is 16.5. The molecular formula is C52H33N3O5. The van der Waals surface area contributed by atoms with E-state index in [0.717, 1.165) is 82.7 Å². The number of ether oxygens (including phenoxy) is 2. The molecule has 0 saturated heterocycles. The first-order chi connectivity index (χ1) is 29.5. The van der Waals surface area contributed by atoms with Crippen LogP contribution in [0.4, 0.5) is 0 Å². The predicted octanol–water partition coefficient (Wildman–Crippen LogP) is 11.6. The van der Waals surface area contributed by atoms with E-state index in [0.29, 0.717) is 33.0 Å². The van der Waals surface area contributed by atoms with Gasteiger partial charge in [-0.05, 0) is 120 Å². The summed E-state index contributed by atoms with van der Waals surface area (Å²) in [7, 11) is 3.24. The van der Waals surface area contributed by atoms with Gasteiger partial charge in [0.1, 0.15) is 22.7 Å².